The van der Waals surface area contributed by atoms with E-state index in [2.05, 4.69) is 36.6 Å². The van der Waals surface area contributed by atoms with Crippen molar-refractivity contribution in [2.45, 2.75) is 149 Å². The van der Waals surface area contributed by atoms with Crippen LogP contribution in [0, 0.1) is 0 Å². The summed E-state index contributed by atoms with van der Waals surface area (Å²) >= 11 is 0. The average Bonchev–Trinajstić information content (AvgIpc) is 2.99. The molecule has 2 aromatic heterocycles. The van der Waals surface area contributed by atoms with E-state index in [0.29, 0.717) is 6.42 Å². The van der Waals surface area contributed by atoms with Gasteiger partial charge in [0.25, 0.3) is 7.82 Å². The van der Waals surface area contributed by atoms with Crippen molar-refractivity contribution >= 4 is 29.6 Å². The van der Waals surface area contributed by atoms with E-state index in [1.807, 2.05) is 12.4 Å². The highest BCUT2D eigenvalue weighted by Gasteiger charge is 2.14. The Morgan fingerprint density at radius 3 is 1.74 bits per heavy atom. The molecule has 1 unspecified atom stereocenters. The van der Waals surface area contributed by atoms with E-state index < -0.39 is 7.82 Å². The van der Waals surface area contributed by atoms with Gasteiger partial charge in [0.05, 0.1) is 17.6 Å². The first-order valence-corrected chi connectivity index (χ1v) is 18.8. The van der Waals surface area contributed by atoms with Crippen molar-refractivity contribution in [3.63, 3.8) is 0 Å². The van der Waals surface area contributed by atoms with Crippen LogP contribution in [0.3, 0.4) is 0 Å². The lowest BCUT2D eigenvalue weighted by atomic mass is 9.94. The highest BCUT2D eigenvalue weighted by Crippen LogP contribution is 2.33. The van der Waals surface area contributed by atoms with Gasteiger partial charge >= 0.3 is 0 Å². The van der Waals surface area contributed by atoms with Gasteiger partial charge in [-0.05, 0) is 54.9 Å². The van der Waals surface area contributed by atoms with Gasteiger partial charge in [0.1, 0.15) is 0 Å². The first kappa shape index (κ1) is 35.6. The van der Waals surface area contributed by atoms with Gasteiger partial charge in [0, 0.05) is 23.2 Å². The summed E-state index contributed by atoms with van der Waals surface area (Å²) in [6.45, 7) is 4.43. The number of phosphoric acid groups is 1. The molecule has 0 spiro atoms. The monoisotopic (exact) mass is 611 g/mol. The maximum atomic E-state index is 11.2. The maximum Gasteiger partial charge on any atom is 0.265 e. The Morgan fingerprint density at radius 1 is 0.651 bits per heavy atom. The minimum absolute atomic E-state index is 0.0933. The molecule has 0 aliphatic heterocycles. The van der Waals surface area contributed by atoms with Crippen LogP contribution < -0.4 is 4.89 Å². The lowest BCUT2D eigenvalue weighted by Crippen LogP contribution is -2.08. The molecule has 1 aromatic carbocycles. The average molecular weight is 612 g/mol. The minimum atomic E-state index is -4.75. The summed E-state index contributed by atoms with van der Waals surface area (Å²) in [5, 5.41) is 2.27. The summed E-state index contributed by atoms with van der Waals surface area (Å²) in [6.07, 6.45) is 29.4. The largest absolute Gasteiger partial charge is 0.756 e. The molecule has 1 N–H and O–H groups in total. The fraction of sp³-hybridized carbons (Fsp3) is 0.667. The van der Waals surface area contributed by atoms with Crippen LogP contribution in [0.15, 0.2) is 30.6 Å². The SMILES string of the molecule is CCCCCCCCCCCc1ccnc2c1ccc1c(CCCCCCCCCCC)c(CCOP(=O)([O-])O)cnc12. The number of aryl methyl sites for hydroxylation is 2. The zero-order chi connectivity index (χ0) is 30.8. The van der Waals surface area contributed by atoms with E-state index in [4.69, 9.17) is 14.9 Å². The minimum Gasteiger partial charge on any atom is -0.756 e. The van der Waals surface area contributed by atoms with Crippen LogP contribution in [0.4, 0.5) is 0 Å². The van der Waals surface area contributed by atoms with Gasteiger partial charge in [0.2, 0.25) is 0 Å². The summed E-state index contributed by atoms with van der Waals surface area (Å²) < 4.78 is 15.8. The quantitative estimate of drug-likeness (QED) is 0.0615. The Kier molecular flexibility index (Phi) is 16.8. The number of aromatic nitrogens is 2. The Morgan fingerprint density at radius 2 is 1.16 bits per heavy atom. The summed E-state index contributed by atoms with van der Waals surface area (Å²) in [4.78, 5) is 29.9. The van der Waals surface area contributed by atoms with E-state index in [9.17, 15) is 9.46 Å². The molecule has 0 radical (unpaired) electrons. The van der Waals surface area contributed by atoms with Crippen molar-refractivity contribution in [3.8, 4) is 0 Å². The lowest BCUT2D eigenvalue weighted by Gasteiger charge is -2.17. The third-order valence-electron chi connectivity index (χ3n) is 8.74. The molecule has 1 atom stereocenters. The molecule has 0 saturated carbocycles. The second-order valence-corrected chi connectivity index (χ2v) is 13.5. The van der Waals surface area contributed by atoms with Gasteiger partial charge in [-0.15, -0.1) is 0 Å². The molecule has 0 bridgehead atoms. The van der Waals surface area contributed by atoms with Gasteiger partial charge in [-0.3, -0.25) is 14.5 Å². The van der Waals surface area contributed by atoms with Crippen LogP contribution in [-0.4, -0.2) is 21.5 Å². The lowest BCUT2D eigenvalue weighted by molar-refractivity contribution is -0.219. The van der Waals surface area contributed by atoms with Crippen LogP contribution in [0.1, 0.15) is 146 Å². The molecule has 7 heteroatoms. The van der Waals surface area contributed by atoms with Gasteiger partial charge in [-0.25, -0.2) is 0 Å². The van der Waals surface area contributed by atoms with E-state index in [0.717, 1.165) is 41.2 Å². The highest BCUT2D eigenvalue weighted by molar-refractivity contribution is 7.44. The molecule has 3 aromatic rings. The Bertz CT molecular complexity index is 1260. The standard InChI is InChI=1S/C36H57N2O4P/c1-3-5-7-9-11-13-15-17-19-21-30-25-27-37-35-33(30)23-24-34-32(22-20-18-16-14-12-10-8-6-4-2)31(29-38-36(34)35)26-28-42-43(39,40)41/h23-25,27,29H,3-22,26,28H2,1-2H3,(H2,39,40,41)/p-1. The van der Waals surface area contributed by atoms with Gasteiger partial charge in [-0.1, -0.05) is 129 Å². The molecule has 3 rings (SSSR count). The number of pyridine rings is 2. The second kappa shape index (κ2) is 20.2. The Balaban J connectivity index is 1.67. The predicted octanol–water partition coefficient (Wildman–Crippen LogP) is 9.95. The van der Waals surface area contributed by atoms with Crippen molar-refractivity contribution in [1.29, 1.82) is 0 Å². The number of phosphoric ester groups is 1. The van der Waals surface area contributed by atoms with E-state index in [-0.39, 0.29) is 6.61 Å². The molecular formula is C36H56N2O4P-. The molecular weight excluding hydrogens is 555 g/mol. The number of hydrogen-bond donors (Lipinski definition) is 1. The maximum absolute atomic E-state index is 11.2. The topological polar surface area (TPSA) is 95.4 Å². The number of rotatable bonds is 24. The number of fused-ring (bicyclic) bond motifs is 3. The summed E-state index contributed by atoms with van der Waals surface area (Å²) in [6, 6.07) is 6.54. The summed E-state index contributed by atoms with van der Waals surface area (Å²) in [7, 11) is -4.75. The number of hydrogen-bond acceptors (Lipinski definition) is 5. The van der Waals surface area contributed by atoms with Crippen molar-refractivity contribution < 1.29 is 18.9 Å². The molecule has 0 fully saturated rings. The van der Waals surface area contributed by atoms with Crippen LogP contribution in [0.5, 0.6) is 0 Å². The van der Waals surface area contributed by atoms with E-state index >= 15 is 0 Å². The zero-order valence-electron chi connectivity index (χ0n) is 27.0. The Labute approximate surface area is 260 Å². The fourth-order valence-electron chi connectivity index (χ4n) is 6.27. The predicted molar refractivity (Wildman–Crippen MR) is 178 cm³/mol. The molecule has 0 aliphatic rings. The van der Waals surface area contributed by atoms with Crippen LogP contribution in [0.2, 0.25) is 0 Å². The van der Waals surface area contributed by atoms with Crippen LogP contribution >= 0.6 is 7.82 Å². The van der Waals surface area contributed by atoms with Crippen LogP contribution in [0.25, 0.3) is 21.8 Å². The van der Waals surface area contributed by atoms with Crippen molar-refractivity contribution in [2.24, 2.45) is 0 Å². The third-order valence-corrected chi connectivity index (χ3v) is 9.25. The molecule has 43 heavy (non-hydrogen) atoms. The van der Waals surface area contributed by atoms with Gasteiger partial charge < -0.3 is 14.3 Å². The van der Waals surface area contributed by atoms with Crippen LogP contribution in [-0.2, 0) is 28.4 Å². The van der Waals surface area contributed by atoms with E-state index in [1.54, 1.807) is 0 Å². The normalized spacial score (nSPS) is 13.2. The first-order chi connectivity index (χ1) is 20.9. The molecule has 0 amide bonds. The Hall–Kier alpha value is -1.85. The first-order valence-electron chi connectivity index (χ1n) is 17.3. The second-order valence-electron chi connectivity index (χ2n) is 12.3. The van der Waals surface area contributed by atoms with Crippen molar-refractivity contribution in [1.82, 2.24) is 9.97 Å². The molecule has 240 valence electrons. The highest BCUT2D eigenvalue weighted by atomic mass is 31.2. The number of unbranched alkanes of at least 4 members (excludes halogenated alkanes) is 16. The van der Waals surface area contributed by atoms with Gasteiger partial charge in [0.15, 0.2) is 0 Å². The molecule has 0 saturated heterocycles. The zero-order valence-corrected chi connectivity index (χ0v) is 27.9. The molecule has 2 heterocycles. The molecule has 6 nitrogen and oxygen atoms in total. The summed E-state index contributed by atoms with van der Waals surface area (Å²) in [5.41, 5.74) is 5.37. The van der Waals surface area contributed by atoms with Crippen molar-refractivity contribution in [3.05, 3.63) is 47.3 Å². The smallest absolute Gasteiger partial charge is 0.265 e. The van der Waals surface area contributed by atoms with E-state index in [1.165, 1.54) is 126 Å². The van der Waals surface area contributed by atoms with Crippen molar-refractivity contribution in [2.75, 3.05) is 6.61 Å². The third kappa shape index (κ3) is 13.0. The summed E-state index contributed by atoms with van der Waals surface area (Å²) in [5.74, 6) is 0. The van der Waals surface area contributed by atoms with Gasteiger partial charge in [-0.2, -0.15) is 0 Å². The fourth-order valence-corrected chi connectivity index (χ4v) is 6.59. The number of benzene rings is 1. The molecule has 0 aliphatic carbocycles. The number of nitrogens with zero attached hydrogens (tertiary/aromatic N) is 2.